The summed E-state index contributed by atoms with van der Waals surface area (Å²) in [6.45, 7) is 1.97. The third kappa shape index (κ3) is 3.15. The van der Waals surface area contributed by atoms with Crippen LogP contribution in [0.15, 0.2) is 51.6 Å². The van der Waals surface area contributed by atoms with Gasteiger partial charge in [-0.15, -0.1) is 0 Å². The maximum Gasteiger partial charge on any atom is 0.257 e. The van der Waals surface area contributed by atoms with Crippen molar-refractivity contribution in [2.75, 3.05) is 6.54 Å². The van der Waals surface area contributed by atoms with E-state index in [4.69, 9.17) is 8.94 Å². The number of halogens is 1. The van der Waals surface area contributed by atoms with E-state index in [-0.39, 0.29) is 11.7 Å². The van der Waals surface area contributed by atoms with Crippen LogP contribution in [0.1, 0.15) is 21.7 Å². The molecule has 0 spiro atoms. The molecule has 23 heavy (non-hydrogen) atoms. The lowest BCUT2D eigenvalue weighted by atomic mass is 10.1. The number of benzene rings is 1. The SMILES string of the molecule is Cc1onc(-c2ccco2)c1C(=O)NCCc1ccccc1F. The first kappa shape index (κ1) is 15.0. The van der Waals surface area contributed by atoms with Gasteiger partial charge in [0.05, 0.1) is 6.26 Å². The molecule has 0 atom stereocenters. The molecule has 2 heterocycles. The monoisotopic (exact) mass is 314 g/mol. The number of furan rings is 1. The van der Waals surface area contributed by atoms with Gasteiger partial charge in [-0.05, 0) is 37.1 Å². The van der Waals surface area contributed by atoms with Crippen LogP contribution in [0.3, 0.4) is 0 Å². The molecule has 0 bridgehead atoms. The highest BCUT2D eigenvalue weighted by Crippen LogP contribution is 2.25. The smallest absolute Gasteiger partial charge is 0.257 e. The maximum absolute atomic E-state index is 13.6. The van der Waals surface area contributed by atoms with Crippen LogP contribution in [-0.2, 0) is 6.42 Å². The van der Waals surface area contributed by atoms with Crippen molar-refractivity contribution in [1.29, 1.82) is 0 Å². The molecule has 0 radical (unpaired) electrons. The Balaban J connectivity index is 1.70. The third-order valence-corrected chi connectivity index (χ3v) is 3.48. The Morgan fingerprint density at radius 1 is 1.26 bits per heavy atom. The first-order valence-electron chi connectivity index (χ1n) is 7.18. The number of hydrogen-bond donors (Lipinski definition) is 1. The van der Waals surface area contributed by atoms with E-state index >= 15 is 0 Å². The van der Waals surface area contributed by atoms with E-state index in [0.29, 0.717) is 41.3 Å². The van der Waals surface area contributed by atoms with Crippen LogP contribution < -0.4 is 5.32 Å². The molecule has 5 nitrogen and oxygen atoms in total. The van der Waals surface area contributed by atoms with Gasteiger partial charge < -0.3 is 14.3 Å². The van der Waals surface area contributed by atoms with Crippen molar-refractivity contribution in [2.24, 2.45) is 0 Å². The summed E-state index contributed by atoms with van der Waals surface area (Å²) in [6.07, 6.45) is 1.90. The predicted octanol–water partition coefficient (Wildman–Crippen LogP) is 3.35. The summed E-state index contributed by atoms with van der Waals surface area (Å²) >= 11 is 0. The quantitative estimate of drug-likeness (QED) is 0.784. The lowest BCUT2D eigenvalue weighted by Crippen LogP contribution is -2.26. The largest absolute Gasteiger partial charge is 0.463 e. The van der Waals surface area contributed by atoms with Crippen LogP contribution in [-0.4, -0.2) is 17.6 Å². The Morgan fingerprint density at radius 3 is 2.83 bits per heavy atom. The molecule has 0 unspecified atom stereocenters. The number of aromatic nitrogens is 1. The van der Waals surface area contributed by atoms with Gasteiger partial charge in [-0.2, -0.15) is 0 Å². The highest BCUT2D eigenvalue weighted by molar-refractivity contribution is 6.00. The number of nitrogens with zero attached hydrogens (tertiary/aromatic N) is 1. The van der Waals surface area contributed by atoms with Crippen molar-refractivity contribution >= 4 is 5.91 Å². The van der Waals surface area contributed by atoms with Crippen LogP contribution in [0.25, 0.3) is 11.5 Å². The molecule has 1 amide bonds. The minimum absolute atomic E-state index is 0.279. The minimum atomic E-state index is -0.327. The second-order valence-corrected chi connectivity index (χ2v) is 5.04. The van der Waals surface area contributed by atoms with Crippen LogP contribution in [0, 0.1) is 12.7 Å². The Hall–Kier alpha value is -2.89. The second-order valence-electron chi connectivity index (χ2n) is 5.04. The van der Waals surface area contributed by atoms with Gasteiger partial charge in [0.1, 0.15) is 17.1 Å². The van der Waals surface area contributed by atoms with Gasteiger partial charge in [0.2, 0.25) is 0 Å². The number of carbonyl (C=O) groups is 1. The molecule has 0 saturated carbocycles. The fourth-order valence-electron chi connectivity index (χ4n) is 2.32. The third-order valence-electron chi connectivity index (χ3n) is 3.48. The molecule has 3 rings (SSSR count). The molecule has 0 saturated heterocycles. The van der Waals surface area contributed by atoms with Crippen molar-refractivity contribution in [1.82, 2.24) is 10.5 Å². The summed E-state index contributed by atoms with van der Waals surface area (Å²) in [5.74, 6) is 0.256. The Kier molecular flexibility index (Phi) is 4.23. The van der Waals surface area contributed by atoms with Crippen molar-refractivity contribution in [3.8, 4) is 11.5 Å². The van der Waals surface area contributed by atoms with E-state index in [9.17, 15) is 9.18 Å². The zero-order valence-electron chi connectivity index (χ0n) is 12.5. The molecule has 2 aromatic heterocycles. The van der Waals surface area contributed by atoms with Crippen LogP contribution in [0.5, 0.6) is 0 Å². The van der Waals surface area contributed by atoms with Gasteiger partial charge in [-0.25, -0.2) is 4.39 Å². The van der Waals surface area contributed by atoms with Gasteiger partial charge in [-0.3, -0.25) is 4.79 Å². The zero-order valence-corrected chi connectivity index (χ0v) is 12.5. The summed E-state index contributed by atoms with van der Waals surface area (Å²) in [6, 6.07) is 9.90. The molecule has 118 valence electrons. The molecule has 0 aliphatic heterocycles. The zero-order chi connectivity index (χ0) is 16.2. The Morgan fingerprint density at radius 2 is 2.09 bits per heavy atom. The van der Waals surface area contributed by atoms with E-state index in [1.807, 2.05) is 0 Å². The minimum Gasteiger partial charge on any atom is -0.463 e. The van der Waals surface area contributed by atoms with E-state index < -0.39 is 0 Å². The maximum atomic E-state index is 13.6. The van der Waals surface area contributed by atoms with Gasteiger partial charge in [0.25, 0.3) is 5.91 Å². The van der Waals surface area contributed by atoms with Crippen LogP contribution in [0.2, 0.25) is 0 Å². The summed E-state index contributed by atoms with van der Waals surface area (Å²) in [5.41, 5.74) is 1.24. The van der Waals surface area contributed by atoms with Crippen molar-refractivity contribution < 1.29 is 18.1 Å². The fourth-order valence-corrected chi connectivity index (χ4v) is 2.32. The van der Waals surface area contributed by atoms with Gasteiger partial charge in [-0.1, -0.05) is 23.4 Å². The number of amides is 1. The van der Waals surface area contributed by atoms with Gasteiger partial charge >= 0.3 is 0 Å². The van der Waals surface area contributed by atoms with E-state index in [2.05, 4.69) is 10.5 Å². The molecular formula is C17H15FN2O3. The number of carbonyl (C=O) groups excluding carboxylic acids is 1. The molecular weight excluding hydrogens is 299 g/mol. The average Bonchev–Trinajstić information content (AvgIpc) is 3.18. The number of nitrogens with one attached hydrogen (secondary N) is 1. The van der Waals surface area contributed by atoms with Gasteiger partial charge in [0, 0.05) is 6.54 Å². The summed E-state index contributed by atoms with van der Waals surface area (Å²) in [7, 11) is 0. The van der Waals surface area contributed by atoms with E-state index in [1.165, 1.54) is 12.3 Å². The topological polar surface area (TPSA) is 68.3 Å². The van der Waals surface area contributed by atoms with Gasteiger partial charge in [0.15, 0.2) is 11.5 Å². The number of rotatable bonds is 5. The number of aryl methyl sites for hydroxylation is 1. The molecule has 0 aliphatic rings. The molecule has 0 fully saturated rings. The molecule has 1 N–H and O–H groups in total. The average molecular weight is 314 g/mol. The first-order chi connectivity index (χ1) is 11.2. The van der Waals surface area contributed by atoms with E-state index in [0.717, 1.165) is 0 Å². The molecule has 3 aromatic rings. The second kappa shape index (κ2) is 6.48. The summed E-state index contributed by atoms with van der Waals surface area (Å²) < 4.78 is 23.9. The standard InChI is InChI=1S/C17H15FN2O3/c1-11-15(16(20-23-11)14-7-4-10-22-14)17(21)19-9-8-12-5-2-3-6-13(12)18/h2-7,10H,8-9H2,1H3,(H,19,21). The Labute approximate surface area is 132 Å². The molecule has 0 aliphatic carbocycles. The predicted molar refractivity (Wildman–Crippen MR) is 81.4 cm³/mol. The van der Waals surface area contributed by atoms with E-state index in [1.54, 1.807) is 37.3 Å². The lowest BCUT2D eigenvalue weighted by molar-refractivity contribution is 0.0953. The normalized spacial score (nSPS) is 10.7. The van der Waals surface area contributed by atoms with Crippen molar-refractivity contribution in [2.45, 2.75) is 13.3 Å². The highest BCUT2D eigenvalue weighted by Gasteiger charge is 2.22. The lowest BCUT2D eigenvalue weighted by Gasteiger charge is -2.06. The molecule has 6 heteroatoms. The number of hydrogen-bond acceptors (Lipinski definition) is 4. The first-order valence-corrected chi connectivity index (χ1v) is 7.18. The highest BCUT2D eigenvalue weighted by atomic mass is 19.1. The Bertz CT molecular complexity index is 809. The van der Waals surface area contributed by atoms with Crippen LogP contribution in [0.4, 0.5) is 4.39 Å². The summed E-state index contributed by atoms with van der Waals surface area (Å²) in [4.78, 5) is 12.4. The molecule has 1 aromatic carbocycles. The van der Waals surface area contributed by atoms with Crippen LogP contribution >= 0.6 is 0 Å². The van der Waals surface area contributed by atoms with Crippen molar-refractivity contribution in [3.05, 3.63) is 65.4 Å². The fraction of sp³-hybridized carbons (Fsp3) is 0.176. The van der Waals surface area contributed by atoms with Crippen molar-refractivity contribution in [3.63, 3.8) is 0 Å². The summed E-state index contributed by atoms with van der Waals surface area (Å²) in [5, 5.41) is 6.63.